The molecule has 1 atom stereocenters. The van der Waals surface area contributed by atoms with Gasteiger partial charge in [-0.05, 0) is 83.1 Å². The first kappa shape index (κ1) is 24.9. The van der Waals surface area contributed by atoms with Gasteiger partial charge in [0.2, 0.25) is 0 Å². The van der Waals surface area contributed by atoms with Gasteiger partial charge in [-0.2, -0.15) is 10.1 Å². The van der Waals surface area contributed by atoms with Crippen molar-refractivity contribution in [3.8, 4) is 17.2 Å². The monoisotopic (exact) mass is 533 g/mol. The molecule has 3 aromatic rings. The van der Waals surface area contributed by atoms with E-state index in [0.717, 1.165) is 39.9 Å². The first-order valence-electron chi connectivity index (χ1n) is 11.5. The molecule has 2 aliphatic rings. The molecular weight excluding hydrogens is 510 g/mol. The average Bonchev–Trinajstić information content (AvgIpc) is 3.52. The Morgan fingerprint density at radius 3 is 2.35 bits per heavy atom. The summed E-state index contributed by atoms with van der Waals surface area (Å²) >= 11 is 7.24. The van der Waals surface area contributed by atoms with E-state index in [1.807, 2.05) is 77.8 Å². The molecule has 0 fully saturated rings. The molecule has 188 valence electrons. The number of aliphatic imine (C=N–C) groups is 1. The molecule has 0 aliphatic carbocycles. The van der Waals surface area contributed by atoms with Crippen LogP contribution in [0.4, 0.5) is 4.79 Å². The fraction of sp³-hybridized carbons (Fsp3) is 0.179. The highest BCUT2D eigenvalue weighted by molar-refractivity contribution is 8.18. The first-order valence-corrected chi connectivity index (χ1v) is 12.7. The summed E-state index contributed by atoms with van der Waals surface area (Å²) in [5.74, 6) is 2.51. The van der Waals surface area contributed by atoms with E-state index in [4.69, 9.17) is 30.9 Å². The molecule has 5 rings (SSSR count). The van der Waals surface area contributed by atoms with Crippen LogP contribution in [0, 0.1) is 0 Å². The lowest BCUT2D eigenvalue weighted by Crippen LogP contribution is -2.26. The zero-order chi connectivity index (χ0) is 25.9. The summed E-state index contributed by atoms with van der Waals surface area (Å²) < 4.78 is 16.1. The Bertz CT molecular complexity index is 1420. The van der Waals surface area contributed by atoms with Crippen LogP contribution in [-0.4, -0.2) is 43.1 Å². The fourth-order valence-electron chi connectivity index (χ4n) is 4.26. The molecule has 7 nitrogen and oxygen atoms in total. The number of carbonyl (C=O) groups excluding carboxylic acids is 1. The Kier molecular flexibility index (Phi) is 7.21. The van der Waals surface area contributed by atoms with Gasteiger partial charge in [0.15, 0.2) is 17.3 Å². The van der Waals surface area contributed by atoms with Crippen LogP contribution < -0.4 is 14.2 Å². The minimum atomic E-state index is -0.287. The van der Waals surface area contributed by atoms with E-state index in [1.165, 1.54) is 0 Å². The predicted octanol–water partition coefficient (Wildman–Crippen LogP) is 6.82. The molecule has 0 bridgehead atoms. The summed E-state index contributed by atoms with van der Waals surface area (Å²) in [7, 11) is 4.82. The largest absolute Gasteiger partial charge is 0.497 e. The number of methoxy groups -OCH3 is 3. The van der Waals surface area contributed by atoms with Crippen molar-refractivity contribution in [2.24, 2.45) is 10.1 Å². The lowest BCUT2D eigenvalue weighted by atomic mass is 9.98. The number of ether oxygens (including phenoxy) is 3. The third kappa shape index (κ3) is 5.21. The van der Waals surface area contributed by atoms with Crippen molar-refractivity contribution in [3.63, 3.8) is 0 Å². The Morgan fingerprint density at radius 2 is 1.68 bits per heavy atom. The third-order valence-electron chi connectivity index (χ3n) is 6.13. The number of hydrogen-bond donors (Lipinski definition) is 0. The van der Waals surface area contributed by atoms with Gasteiger partial charge in [0.1, 0.15) is 5.75 Å². The lowest BCUT2D eigenvalue weighted by molar-refractivity contribution is 0.267. The average molecular weight is 534 g/mol. The van der Waals surface area contributed by atoms with Crippen molar-refractivity contribution in [2.75, 3.05) is 21.3 Å². The number of halogens is 1. The van der Waals surface area contributed by atoms with E-state index in [1.54, 1.807) is 21.3 Å². The highest BCUT2D eigenvalue weighted by Gasteiger charge is 2.37. The van der Waals surface area contributed by atoms with Crippen LogP contribution in [0.3, 0.4) is 0 Å². The van der Waals surface area contributed by atoms with Gasteiger partial charge in [-0.1, -0.05) is 29.8 Å². The quantitative estimate of drug-likeness (QED) is 0.346. The molecule has 0 spiro atoms. The molecule has 0 saturated heterocycles. The second-order valence-electron chi connectivity index (χ2n) is 8.32. The Morgan fingerprint density at radius 1 is 0.946 bits per heavy atom. The maximum atomic E-state index is 12.5. The maximum absolute atomic E-state index is 12.5. The van der Waals surface area contributed by atoms with Gasteiger partial charge >= 0.3 is 5.24 Å². The molecule has 1 amide bonds. The summed E-state index contributed by atoms with van der Waals surface area (Å²) in [6, 6.07) is 20.9. The third-order valence-corrected chi connectivity index (χ3v) is 7.16. The number of carbonyl (C=O) groups is 1. The van der Waals surface area contributed by atoms with Crippen LogP contribution in [0.25, 0.3) is 6.08 Å². The summed E-state index contributed by atoms with van der Waals surface area (Å²) in [6.45, 7) is 0. The van der Waals surface area contributed by atoms with E-state index in [-0.39, 0.29) is 11.3 Å². The number of amides is 1. The predicted molar refractivity (Wildman–Crippen MR) is 148 cm³/mol. The summed E-state index contributed by atoms with van der Waals surface area (Å²) in [5, 5.41) is 7.17. The summed E-state index contributed by atoms with van der Waals surface area (Å²) in [5.41, 5.74) is 3.74. The highest BCUT2D eigenvalue weighted by Crippen LogP contribution is 2.40. The lowest BCUT2D eigenvalue weighted by Gasteiger charge is -2.24. The number of hydrazone groups is 1. The smallest absolute Gasteiger partial charge is 0.311 e. The molecule has 9 heteroatoms. The normalized spacial score (nSPS) is 18.2. The second kappa shape index (κ2) is 10.7. The summed E-state index contributed by atoms with van der Waals surface area (Å²) in [6.07, 6.45) is 2.55. The van der Waals surface area contributed by atoms with E-state index >= 15 is 0 Å². The molecule has 0 N–H and O–H groups in total. The minimum Gasteiger partial charge on any atom is -0.497 e. The number of hydrogen-bond acceptors (Lipinski definition) is 7. The van der Waals surface area contributed by atoms with Gasteiger partial charge in [-0.3, -0.25) is 4.79 Å². The SMILES string of the molecule is COc1ccc(C2=NN(C3=NC(=O)S/C3=C\c3ccc(OC)c(OC)c3)C(c3ccc(Cl)cc3)C2)cc1. The standard InChI is InChI=1S/C28H24ClN3O4S/c1-34-21-11-7-18(8-12-21)22-16-23(19-5-9-20(29)10-6-19)32(31-22)27-26(37-28(33)30-27)15-17-4-13-24(35-2)25(14-17)36-3/h4-15,23H,16H2,1-3H3/b26-15-. The van der Waals surface area contributed by atoms with Crippen molar-refractivity contribution in [2.45, 2.75) is 12.5 Å². The molecule has 0 saturated carbocycles. The van der Waals surface area contributed by atoms with Crippen molar-refractivity contribution >= 4 is 46.2 Å². The maximum Gasteiger partial charge on any atom is 0.311 e. The van der Waals surface area contributed by atoms with Crippen molar-refractivity contribution in [1.29, 1.82) is 0 Å². The topological polar surface area (TPSA) is 72.7 Å². The molecule has 0 radical (unpaired) electrons. The fourth-order valence-corrected chi connectivity index (χ4v) is 5.14. The molecule has 2 heterocycles. The molecule has 2 aliphatic heterocycles. The van der Waals surface area contributed by atoms with Crippen LogP contribution in [0.15, 0.2) is 81.7 Å². The first-order chi connectivity index (χ1) is 18.0. The van der Waals surface area contributed by atoms with Gasteiger partial charge in [-0.25, -0.2) is 5.01 Å². The summed E-state index contributed by atoms with van der Waals surface area (Å²) in [4.78, 5) is 17.6. The number of benzene rings is 3. The zero-order valence-corrected chi connectivity index (χ0v) is 22.0. The van der Waals surface area contributed by atoms with Crippen LogP contribution in [0.5, 0.6) is 17.2 Å². The minimum absolute atomic E-state index is 0.159. The van der Waals surface area contributed by atoms with E-state index in [0.29, 0.717) is 33.7 Å². The van der Waals surface area contributed by atoms with Crippen molar-refractivity contribution < 1.29 is 19.0 Å². The van der Waals surface area contributed by atoms with Crippen molar-refractivity contribution in [3.05, 3.63) is 93.3 Å². The molecule has 0 aromatic heterocycles. The zero-order valence-electron chi connectivity index (χ0n) is 20.5. The molecule has 37 heavy (non-hydrogen) atoms. The van der Waals surface area contributed by atoms with Crippen LogP contribution in [-0.2, 0) is 0 Å². The molecular formula is C28H24ClN3O4S. The van der Waals surface area contributed by atoms with E-state index in [9.17, 15) is 4.79 Å². The van der Waals surface area contributed by atoms with Gasteiger partial charge < -0.3 is 14.2 Å². The van der Waals surface area contributed by atoms with Gasteiger partial charge in [-0.15, -0.1) is 0 Å². The highest BCUT2D eigenvalue weighted by atomic mass is 35.5. The van der Waals surface area contributed by atoms with Crippen LogP contribution >= 0.6 is 23.4 Å². The van der Waals surface area contributed by atoms with E-state index in [2.05, 4.69) is 4.99 Å². The van der Waals surface area contributed by atoms with Crippen LogP contribution in [0.1, 0.15) is 29.2 Å². The Hall–Kier alpha value is -3.75. The van der Waals surface area contributed by atoms with Gasteiger partial charge in [0.25, 0.3) is 0 Å². The number of nitrogens with zero attached hydrogens (tertiary/aromatic N) is 3. The molecule has 1 unspecified atom stereocenters. The Labute approximate surface area is 224 Å². The number of thioether (sulfide) groups is 1. The Balaban J connectivity index is 1.55. The number of amidine groups is 1. The van der Waals surface area contributed by atoms with Crippen LogP contribution in [0.2, 0.25) is 5.02 Å². The second-order valence-corrected chi connectivity index (χ2v) is 9.75. The van der Waals surface area contributed by atoms with Gasteiger partial charge in [0.05, 0.1) is 38.0 Å². The van der Waals surface area contributed by atoms with Crippen molar-refractivity contribution in [1.82, 2.24) is 5.01 Å². The van der Waals surface area contributed by atoms with Gasteiger partial charge in [0, 0.05) is 11.4 Å². The van der Waals surface area contributed by atoms with E-state index < -0.39 is 0 Å². The molecule has 3 aromatic carbocycles. The number of rotatable bonds is 6.